The van der Waals surface area contributed by atoms with Crippen LogP contribution in [0.15, 0.2) is 46.8 Å². The molecule has 0 bridgehead atoms. The van der Waals surface area contributed by atoms with Gasteiger partial charge in [-0.15, -0.1) is 11.3 Å². The van der Waals surface area contributed by atoms with Gasteiger partial charge in [0.25, 0.3) is 0 Å². The first-order chi connectivity index (χ1) is 20.5. The van der Waals surface area contributed by atoms with Crippen molar-refractivity contribution >= 4 is 34.0 Å². The number of rotatable bonds is 9. The Balaban J connectivity index is 1.65. The normalized spacial score (nSPS) is 16.1. The van der Waals surface area contributed by atoms with Crippen molar-refractivity contribution in [2.45, 2.75) is 64.2 Å². The van der Waals surface area contributed by atoms with Gasteiger partial charge in [-0.2, -0.15) is 13.2 Å². The lowest BCUT2D eigenvalue weighted by molar-refractivity contribution is -0.140. The molecular formula is C31H31F3N4O4S. The van der Waals surface area contributed by atoms with E-state index < -0.39 is 23.3 Å². The van der Waals surface area contributed by atoms with E-state index in [-0.39, 0.29) is 34.2 Å². The molecule has 0 spiro atoms. The number of hydrogen-bond acceptors (Lipinski definition) is 7. The molecule has 12 heteroatoms. The number of nitrogens with zero attached hydrogens (tertiary/aromatic N) is 4. The predicted molar refractivity (Wildman–Crippen MR) is 158 cm³/mol. The second kappa shape index (κ2) is 12.4. The Bertz CT molecular complexity index is 1750. The van der Waals surface area contributed by atoms with E-state index in [4.69, 9.17) is 0 Å². The maximum atomic E-state index is 13.4. The average molecular weight is 613 g/mol. The molecule has 1 aliphatic heterocycles. The van der Waals surface area contributed by atoms with E-state index in [1.165, 1.54) is 12.4 Å². The zero-order valence-corrected chi connectivity index (χ0v) is 24.6. The third kappa shape index (κ3) is 6.54. The second-order valence-electron chi connectivity index (χ2n) is 10.9. The monoisotopic (exact) mass is 612 g/mol. The van der Waals surface area contributed by atoms with E-state index in [0.717, 1.165) is 42.5 Å². The first-order valence-corrected chi connectivity index (χ1v) is 15.0. The molecule has 1 fully saturated rings. The van der Waals surface area contributed by atoms with Crippen molar-refractivity contribution in [1.29, 1.82) is 0 Å². The number of hydrogen-bond donors (Lipinski definition) is 1. The van der Waals surface area contributed by atoms with Gasteiger partial charge >= 0.3 is 12.1 Å². The number of ketones is 1. The molecule has 1 N–H and O–H groups in total. The molecule has 4 aromatic rings. The van der Waals surface area contributed by atoms with Crippen molar-refractivity contribution in [3.63, 3.8) is 0 Å². The summed E-state index contributed by atoms with van der Waals surface area (Å²) >= 11 is 0.819. The van der Waals surface area contributed by atoms with Crippen LogP contribution in [0.2, 0.25) is 0 Å². The SMILES string of the molecule is CCCC(=O)Cc1cc(-c2nc(C(F)(F)F)cs2)c(-c2ccc3c(c2)c(=O)c(C(=O)O)cn3CC2CCCCN2C)cn1. The van der Waals surface area contributed by atoms with Crippen LogP contribution < -0.4 is 5.43 Å². The number of pyridine rings is 2. The minimum absolute atomic E-state index is 0.0264. The molecule has 0 radical (unpaired) electrons. The van der Waals surface area contributed by atoms with Gasteiger partial charge in [0, 0.05) is 65.4 Å². The van der Waals surface area contributed by atoms with E-state index in [2.05, 4.69) is 14.9 Å². The van der Waals surface area contributed by atoms with Crippen molar-refractivity contribution in [3.8, 4) is 21.7 Å². The van der Waals surface area contributed by atoms with Crippen LogP contribution in [-0.2, 0) is 23.9 Å². The smallest absolute Gasteiger partial charge is 0.434 e. The highest BCUT2D eigenvalue weighted by molar-refractivity contribution is 7.13. The van der Waals surface area contributed by atoms with Gasteiger partial charge in [0.05, 0.1) is 5.52 Å². The summed E-state index contributed by atoms with van der Waals surface area (Å²) in [5.74, 6) is -1.38. The maximum Gasteiger partial charge on any atom is 0.434 e. The molecule has 1 saturated heterocycles. The summed E-state index contributed by atoms with van der Waals surface area (Å²) in [5, 5.41) is 11.0. The van der Waals surface area contributed by atoms with Gasteiger partial charge < -0.3 is 14.6 Å². The van der Waals surface area contributed by atoms with Crippen LogP contribution in [0.1, 0.15) is 60.8 Å². The number of aromatic nitrogens is 3. The summed E-state index contributed by atoms with van der Waals surface area (Å²) in [4.78, 5) is 48.2. The Morgan fingerprint density at radius 1 is 1.16 bits per heavy atom. The number of benzene rings is 1. The second-order valence-corrected chi connectivity index (χ2v) is 11.8. The molecule has 1 aliphatic rings. The number of carbonyl (C=O) groups excluding carboxylic acids is 1. The van der Waals surface area contributed by atoms with Crippen molar-refractivity contribution < 1.29 is 27.9 Å². The van der Waals surface area contributed by atoms with Crippen LogP contribution in [0, 0.1) is 0 Å². The first kappa shape index (κ1) is 30.6. The molecule has 0 saturated carbocycles. The molecule has 43 heavy (non-hydrogen) atoms. The van der Waals surface area contributed by atoms with Crippen LogP contribution >= 0.6 is 11.3 Å². The van der Waals surface area contributed by atoms with E-state index in [1.807, 2.05) is 14.0 Å². The van der Waals surface area contributed by atoms with Crippen LogP contribution in [0.3, 0.4) is 0 Å². The summed E-state index contributed by atoms with van der Waals surface area (Å²) in [6.45, 7) is 3.31. The Labute approximate surface area is 249 Å². The quantitative estimate of drug-likeness (QED) is 0.237. The minimum Gasteiger partial charge on any atom is -0.477 e. The van der Waals surface area contributed by atoms with Gasteiger partial charge in [-0.1, -0.05) is 19.4 Å². The Kier molecular flexibility index (Phi) is 8.79. The Morgan fingerprint density at radius 3 is 2.63 bits per heavy atom. The molecule has 4 heterocycles. The minimum atomic E-state index is -4.63. The van der Waals surface area contributed by atoms with Crippen molar-refractivity contribution in [3.05, 3.63) is 69.2 Å². The fraction of sp³-hybridized carbons (Fsp3) is 0.387. The predicted octanol–water partition coefficient (Wildman–Crippen LogP) is 6.30. The number of alkyl halides is 3. The third-order valence-corrected chi connectivity index (χ3v) is 8.72. The lowest BCUT2D eigenvalue weighted by atomic mass is 9.97. The van der Waals surface area contributed by atoms with E-state index in [1.54, 1.807) is 28.8 Å². The number of thiazole rings is 1. The number of likely N-dealkylation sites (tertiary alicyclic amines) is 1. The van der Waals surface area contributed by atoms with E-state index in [0.29, 0.717) is 47.3 Å². The third-order valence-electron chi connectivity index (χ3n) is 7.84. The number of halogens is 3. The zero-order chi connectivity index (χ0) is 30.9. The van der Waals surface area contributed by atoms with Crippen LogP contribution in [-0.4, -0.2) is 55.9 Å². The van der Waals surface area contributed by atoms with Gasteiger partial charge in [0.15, 0.2) is 5.69 Å². The number of fused-ring (bicyclic) bond motifs is 1. The molecule has 226 valence electrons. The summed E-state index contributed by atoms with van der Waals surface area (Å²) in [7, 11) is 2.03. The molecule has 8 nitrogen and oxygen atoms in total. The maximum absolute atomic E-state index is 13.4. The number of likely N-dealkylation sites (N-methyl/N-ethyl adjacent to an activating group) is 1. The highest BCUT2D eigenvalue weighted by Crippen LogP contribution is 2.38. The van der Waals surface area contributed by atoms with Crippen LogP contribution in [0.25, 0.3) is 32.6 Å². The number of carboxylic acids is 1. The molecule has 3 aromatic heterocycles. The van der Waals surface area contributed by atoms with Gasteiger partial charge in [0.2, 0.25) is 5.43 Å². The van der Waals surface area contributed by atoms with Gasteiger partial charge in [-0.05, 0) is 56.6 Å². The lowest BCUT2D eigenvalue weighted by Gasteiger charge is -2.33. The standard InChI is InChI=1S/C31H31F3N4O4S/c1-3-6-21(39)12-19-13-22(29-36-27(17-43-29)31(32,33)34)24(14-35-19)18-8-9-26-23(11-18)28(40)25(30(41)42)16-38(26)15-20-7-4-5-10-37(20)2/h8-9,11,13-14,16-17,20H,3-7,10,12,15H2,1-2H3,(H,41,42). The number of carboxylic acid groups (broad SMARTS) is 1. The van der Waals surface area contributed by atoms with Crippen molar-refractivity contribution in [2.75, 3.05) is 13.6 Å². The summed E-state index contributed by atoms with van der Waals surface area (Å²) in [5.41, 5.74) is 0.133. The Morgan fingerprint density at radius 2 is 1.95 bits per heavy atom. The fourth-order valence-corrected chi connectivity index (χ4v) is 6.43. The molecule has 1 atom stereocenters. The highest BCUT2D eigenvalue weighted by Gasteiger charge is 2.34. The molecule has 0 aliphatic carbocycles. The highest BCUT2D eigenvalue weighted by atomic mass is 32.1. The summed E-state index contributed by atoms with van der Waals surface area (Å²) in [6.07, 6.45) is 2.37. The topological polar surface area (TPSA) is 105 Å². The van der Waals surface area contributed by atoms with Gasteiger partial charge in [-0.25, -0.2) is 9.78 Å². The van der Waals surface area contributed by atoms with E-state index in [9.17, 15) is 32.7 Å². The molecule has 0 amide bonds. The van der Waals surface area contributed by atoms with Crippen LogP contribution in [0.4, 0.5) is 13.2 Å². The number of carbonyl (C=O) groups is 2. The molecule has 1 unspecified atom stereocenters. The molecular weight excluding hydrogens is 581 g/mol. The van der Waals surface area contributed by atoms with Crippen molar-refractivity contribution in [2.24, 2.45) is 0 Å². The Hall–Kier alpha value is -3.90. The first-order valence-electron chi connectivity index (χ1n) is 14.1. The van der Waals surface area contributed by atoms with Crippen LogP contribution in [0.5, 0.6) is 0 Å². The zero-order valence-electron chi connectivity index (χ0n) is 23.8. The lowest BCUT2D eigenvalue weighted by Crippen LogP contribution is -2.39. The average Bonchev–Trinajstić information content (AvgIpc) is 3.47. The molecule has 1 aromatic carbocycles. The van der Waals surface area contributed by atoms with Gasteiger partial charge in [0.1, 0.15) is 16.4 Å². The number of piperidine rings is 1. The summed E-state index contributed by atoms with van der Waals surface area (Å²) in [6, 6.07) is 6.77. The van der Waals surface area contributed by atoms with Gasteiger partial charge in [-0.3, -0.25) is 14.6 Å². The molecule has 5 rings (SSSR count). The fourth-order valence-electron chi connectivity index (χ4n) is 5.57. The van der Waals surface area contributed by atoms with E-state index >= 15 is 0 Å². The number of aromatic carboxylic acids is 1. The number of Topliss-reactive ketones (excluding diaryl/α,β-unsaturated/α-hetero) is 1. The summed E-state index contributed by atoms with van der Waals surface area (Å²) < 4.78 is 42.1. The van der Waals surface area contributed by atoms with Crippen molar-refractivity contribution in [1.82, 2.24) is 19.4 Å². The largest absolute Gasteiger partial charge is 0.477 e.